The summed E-state index contributed by atoms with van der Waals surface area (Å²) in [5, 5.41) is 3.53. The van der Waals surface area contributed by atoms with Crippen LogP contribution >= 0.6 is 35.1 Å². The van der Waals surface area contributed by atoms with Crippen molar-refractivity contribution in [2.45, 2.75) is 22.8 Å². The summed E-state index contributed by atoms with van der Waals surface area (Å²) in [6, 6.07) is 11.4. The number of carbonyl (C=O) groups excluding carboxylic acids is 1. The minimum Gasteiger partial charge on any atom is -0.468 e. The molecule has 0 spiro atoms. The minimum absolute atomic E-state index is 0.0542. The molecule has 0 bridgehead atoms. The van der Waals surface area contributed by atoms with Crippen LogP contribution in [0.3, 0.4) is 0 Å². The average molecular weight is 356 g/mol. The first kappa shape index (κ1) is 17.3. The largest absolute Gasteiger partial charge is 0.468 e. The van der Waals surface area contributed by atoms with Crippen molar-refractivity contribution in [2.24, 2.45) is 0 Å². The summed E-state index contributed by atoms with van der Waals surface area (Å²) >= 11 is 9.12. The molecule has 6 heteroatoms. The molecule has 2 rings (SSSR count). The van der Waals surface area contributed by atoms with Gasteiger partial charge in [0.1, 0.15) is 5.76 Å². The van der Waals surface area contributed by atoms with Gasteiger partial charge >= 0.3 is 0 Å². The van der Waals surface area contributed by atoms with Gasteiger partial charge in [-0.15, -0.1) is 11.8 Å². The van der Waals surface area contributed by atoms with E-state index in [0.717, 1.165) is 22.2 Å². The molecule has 0 aliphatic rings. The maximum atomic E-state index is 12.0. The van der Waals surface area contributed by atoms with Crippen molar-refractivity contribution in [1.29, 1.82) is 0 Å². The van der Waals surface area contributed by atoms with Crippen LogP contribution in [0.2, 0.25) is 5.02 Å². The molecule has 1 heterocycles. The van der Waals surface area contributed by atoms with Gasteiger partial charge in [-0.25, -0.2) is 0 Å². The highest BCUT2D eigenvalue weighted by Gasteiger charge is 2.13. The molecule has 1 N–H and O–H groups in total. The number of carbonyl (C=O) groups is 1. The van der Waals surface area contributed by atoms with Gasteiger partial charge in [-0.05, 0) is 43.3 Å². The van der Waals surface area contributed by atoms with Gasteiger partial charge < -0.3 is 9.73 Å². The van der Waals surface area contributed by atoms with Crippen LogP contribution in [-0.4, -0.2) is 23.5 Å². The van der Waals surface area contributed by atoms with E-state index in [1.165, 1.54) is 11.8 Å². The number of halogens is 1. The fourth-order valence-electron chi connectivity index (χ4n) is 1.73. The summed E-state index contributed by atoms with van der Waals surface area (Å²) in [6.45, 7) is 2.57. The summed E-state index contributed by atoms with van der Waals surface area (Å²) in [5.41, 5.74) is 0. The molecule has 0 aliphatic carbocycles. The minimum atomic E-state index is -0.128. The number of furan rings is 1. The van der Waals surface area contributed by atoms with Gasteiger partial charge in [-0.3, -0.25) is 4.79 Å². The number of amides is 1. The van der Waals surface area contributed by atoms with Crippen molar-refractivity contribution in [3.63, 3.8) is 0 Å². The van der Waals surface area contributed by atoms with Crippen LogP contribution in [0.1, 0.15) is 12.7 Å². The van der Waals surface area contributed by atoms with E-state index in [4.69, 9.17) is 16.0 Å². The number of thioether (sulfide) groups is 2. The predicted octanol–water partition coefficient (Wildman–Crippen LogP) is 4.46. The maximum Gasteiger partial charge on any atom is 0.233 e. The third-order valence-electron chi connectivity index (χ3n) is 2.87. The van der Waals surface area contributed by atoms with Crippen LogP contribution in [0, 0.1) is 0 Å². The van der Waals surface area contributed by atoms with E-state index >= 15 is 0 Å². The molecule has 22 heavy (non-hydrogen) atoms. The molecule has 1 aromatic heterocycles. The number of hydrogen-bond donors (Lipinski definition) is 1. The first-order chi connectivity index (χ1) is 10.6. The molecule has 2 aromatic rings. The topological polar surface area (TPSA) is 42.2 Å². The Morgan fingerprint density at radius 1 is 1.32 bits per heavy atom. The monoisotopic (exact) mass is 355 g/mol. The lowest BCUT2D eigenvalue weighted by Crippen LogP contribution is -2.32. The Bertz CT molecular complexity index is 572. The molecule has 0 saturated heterocycles. The smallest absolute Gasteiger partial charge is 0.233 e. The van der Waals surface area contributed by atoms with Gasteiger partial charge in [0.25, 0.3) is 0 Å². The Hall–Kier alpha value is -1.04. The van der Waals surface area contributed by atoms with Crippen molar-refractivity contribution in [2.75, 3.05) is 12.3 Å². The standard InChI is InChI=1S/C16H18ClNO2S2/c1-12(22-15-6-4-13(17)5-7-15)16(19)18-8-10-21-11-14-3-2-9-20-14/h2-7,9,12H,8,10-11H2,1H3,(H,18,19)/t12-/m0/s1. The van der Waals surface area contributed by atoms with E-state index < -0.39 is 0 Å². The summed E-state index contributed by atoms with van der Waals surface area (Å²) in [5.74, 6) is 2.71. The Labute approximate surface area is 144 Å². The van der Waals surface area contributed by atoms with Gasteiger partial charge in [0.15, 0.2) is 0 Å². The highest BCUT2D eigenvalue weighted by molar-refractivity contribution is 8.00. The van der Waals surface area contributed by atoms with Crippen LogP contribution in [0.5, 0.6) is 0 Å². The Morgan fingerprint density at radius 2 is 2.09 bits per heavy atom. The van der Waals surface area contributed by atoms with Gasteiger partial charge in [0.05, 0.1) is 17.3 Å². The summed E-state index contributed by atoms with van der Waals surface area (Å²) in [6.07, 6.45) is 1.67. The average Bonchev–Trinajstić information content (AvgIpc) is 3.02. The lowest BCUT2D eigenvalue weighted by Gasteiger charge is -2.11. The van der Waals surface area contributed by atoms with Crippen LogP contribution in [-0.2, 0) is 10.5 Å². The Morgan fingerprint density at radius 3 is 2.77 bits per heavy atom. The fraction of sp³-hybridized carbons (Fsp3) is 0.312. The van der Waals surface area contributed by atoms with E-state index in [-0.39, 0.29) is 11.2 Å². The Balaban J connectivity index is 1.62. The molecule has 1 atom stereocenters. The first-order valence-corrected chi connectivity index (χ1v) is 9.36. The molecular formula is C16H18ClNO2S2. The lowest BCUT2D eigenvalue weighted by atomic mass is 10.4. The molecule has 0 fully saturated rings. The van der Waals surface area contributed by atoms with Crippen molar-refractivity contribution in [1.82, 2.24) is 5.32 Å². The van der Waals surface area contributed by atoms with Gasteiger partial charge in [-0.2, -0.15) is 11.8 Å². The van der Waals surface area contributed by atoms with E-state index in [9.17, 15) is 4.79 Å². The summed E-state index contributed by atoms with van der Waals surface area (Å²) in [7, 11) is 0. The van der Waals surface area contributed by atoms with E-state index in [1.54, 1.807) is 18.0 Å². The zero-order valence-corrected chi connectivity index (χ0v) is 14.6. The molecule has 1 aromatic carbocycles. The molecule has 0 radical (unpaired) electrons. The number of nitrogens with one attached hydrogen (secondary N) is 1. The number of benzene rings is 1. The fourth-order valence-corrected chi connectivity index (χ4v) is 3.50. The molecule has 118 valence electrons. The molecule has 1 amide bonds. The zero-order valence-electron chi connectivity index (χ0n) is 12.3. The second-order valence-corrected chi connectivity index (χ2v) is 7.59. The lowest BCUT2D eigenvalue weighted by molar-refractivity contribution is -0.120. The van der Waals surface area contributed by atoms with Crippen LogP contribution < -0.4 is 5.32 Å². The highest BCUT2D eigenvalue weighted by atomic mass is 35.5. The zero-order chi connectivity index (χ0) is 15.8. The molecule has 0 unspecified atom stereocenters. The van der Waals surface area contributed by atoms with E-state index in [1.807, 2.05) is 43.3 Å². The predicted molar refractivity (Wildman–Crippen MR) is 94.7 cm³/mol. The SMILES string of the molecule is C[C@H](Sc1ccc(Cl)cc1)C(=O)NCCSCc1ccco1. The molecule has 0 saturated carbocycles. The van der Waals surface area contributed by atoms with E-state index in [2.05, 4.69) is 5.32 Å². The highest BCUT2D eigenvalue weighted by Crippen LogP contribution is 2.24. The van der Waals surface area contributed by atoms with Gasteiger partial charge in [-0.1, -0.05) is 11.6 Å². The van der Waals surface area contributed by atoms with Crippen molar-refractivity contribution < 1.29 is 9.21 Å². The first-order valence-electron chi connectivity index (χ1n) is 6.95. The molecule has 3 nitrogen and oxygen atoms in total. The summed E-state index contributed by atoms with van der Waals surface area (Å²) in [4.78, 5) is 13.1. The molecule has 0 aliphatic heterocycles. The normalized spacial score (nSPS) is 12.1. The Kier molecular flexibility index (Phi) is 7.22. The maximum absolute atomic E-state index is 12.0. The second-order valence-electron chi connectivity index (χ2n) is 4.64. The third-order valence-corrected chi connectivity index (χ3v) is 5.21. The van der Waals surface area contributed by atoms with Crippen LogP contribution in [0.15, 0.2) is 52.0 Å². The van der Waals surface area contributed by atoms with Crippen molar-refractivity contribution >= 4 is 41.0 Å². The van der Waals surface area contributed by atoms with Crippen molar-refractivity contribution in [3.8, 4) is 0 Å². The van der Waals surface area contributed by atoms with Gasteiger partial charge in [0.2, 0.25) is 5.91 Å². The van der Waals surface area contributed by atoms with E-state index in [0.29, 0.717) is 11.6 Å². The van der Waals surface area contributed by atoms with Crippen molar-refractivity contribution in [3.05, 3.63) is 53.4 Å². The number of hydrogen-bond acceptors (Lipinski definition) is 4. The second kappa shape index (κ2) is 9.18. The van der Waals surface area contributed by atoms with Gasteiger partial charge in [0, 0.05) is 22.2 Å². The quantitative estimate of drug-likeness (QED) is 0.560. The number of rotatable bonds is 8. The summed E-state index contributed by atoms with van der Waals surface area (Å²) < 4.78 is 5.25. The van der Waals surface area contributed by atoms with Crippen LogP contribution in [0.25, 0.3) is 0 Å². The van der Waals surface area contributed by atoms with Crippen LogP contribution in [0.4, 0.5) is 0 Å². The third kappa shape index (κ3) is 5.99. The molecular weight excluding hydrogens is 338 g/mol.